The van der Waals surface area contributed by atoms with Crippen LogP contribution in [-0.4, -0.2) is 33.6 Å². The van der Waals surface area contributed by atoms with Gasteiger partial charge in [0, 0.05) is 24.3 Å². The van der Waals surface area contributed by atoms with Gasteiger partial charge in [0.05, 0.1) is 6.42 Å². The van der Waals surface area contributed by atoms with Gasteiger partial charge >= 0.3 is 5.97 Å². The summed E-state index contributed by atoms with van der Waals surface area (Å²) in [7, 11) is 0. The van der Waals surface area contributed by atoms with Gasteiger partial charge in [-0.05, 0) is 19.3 Å². The SMILES string of the molecule is CCCc1cc(N2CCCC2CC(=O)O)ncn1. The van der Waals surface area contributed by atoms with Crippen molar-refractivity contribution < 1.29 is 9.90 Å². The lowest BCUT2D eigenvalue weighted by Crippen LogP contribution is -2.32. The maximum Gasteiger partial charge on any atom is 0.305 e. The van der Waals surface area contributed by atoms with E-state index in [4.69, 9.17) is 5.11 Å². The summed E-state index contributed by atoms with van der Waals surface area (Å²) < 4.78 is 0. The summed E-state index contributed by atoms with van der Waals surface area (Å²) in [6.45, 7) is 3.01. The topological polar surface area (TPSA) is 66.3 Å². The van der Waals surface area contributed by atoms with Crippen molar-refractivity contribution in [1.82, 2.24) is 9.97 Å². The van der Waals surface area contributed by atoms with E-state index in [1.165, 1.54) is 0 Å². The van der Waals surface area contributed by atoms with Crippen LogP contribution in [0.2, 0.25) is 0 Å². The number of aryl methyl sites for hydroxylation is 1. The van der Waals surface area contributed by atoms with E-state index < -0.39 is 5.97 Å². The first-order valence-electron chi connectivity index (χ1n) is 6.50. The summed E-state index contributed by atoms with van der Waals surface area (Å²) in [5.41, 5.74) is 1.03. The molecule has 1 aromatic heterocycles. The Morgan fingerprint density at radius 3 is 3.11 bits per heavy atom. The summed E-state index contributed by atoms with van der Waals surface area (Å²) in [4.78, 5) is 21.5. The van der Waals surface area contributed by atoms with Gasteiger partial charge in [0.25, 0.3) is 0 Å². The number of hydrogen-bond donors (Lipinski definition) is 1. The van der Waals surface area contributed by atoms with Crippen LogP contribution in [0, 0.1) is 0 Å². The molecule has 5 nitrogen and oxygen atoms in total. The lowest BCUT2D eigenvalue weighted by Gasteiger charge is -2.24. The zero-order chi connectivity index (χ0) is 13.0. The first kappa shape index (κ1) is 12.8. The molecule has 18 heavy (non-hydrogen) atoms. The van der Waals surface area contributed by atoms with E-state index in [1.807, 2.05) is 6.07 Å². The quantitative estimate of drug-likeness (QED) is 0.863. The maximum absolute atomic E-state index is 10.8. The Labute approximate surface area is 107 Å². The van der Waals surface area contributed by atoms with E-state index in [2.05, 4.69) is 21.8 Å². The molecule has 0 bridgehead atoms. The van der Waals surface area contributed by atoms with E-state index >= 15 is 0 Å². The van der Waals surface area contributed by atoms with Gasteiger partial charge in [0.2, 0.25) is 0 Å². The monoisotopic (exact) mass is 249 g/mol. The minimum atomic E-state index is -0.741. The second-order valence-electron chi connectivity index (χ2n) is 4.70. The Hall–Kier alpha value is -1.65. The number of rotatable bonds is 5. The highest BCUT2D eigenvalue weighted by molar-refractivity contribution is 5.68. The van der Waals surface area contributed by atoms with Crippen LogP contribution in [-0.2, 0) is 11.2 Å². The zero-order valence-electron chi connectivity index (χ0n) is 10.7. The first-order valence-corrected chi connectivity index (χ1v) is 6.50. The molecular weight excluding hydrogens is 230 g/mol. The van der Waals surface area contributed by atoms with Crippen LogP contribution in [0.5, 0.6) is 0 Å². The third kappa shape index (κ3) is 2.97. The second-order valence-corrected chi connectivity index (χ2v) is 4.70. The summed E-state index contributed by atoms with van der Waals surface area (Å²) in [5.74, 6) is 0.131. The van der Waals surface area contributed by atoms with E-state index in [9.17, 15) is 4.79 Å². The normalized spacial score (nSPS) is 19.2. The van der Waals surface area contributed by atoms with Crippen LogP contribution < -0.4 is 4.90 Å². The van der Waals surface area contributed by atoms with Crippen LogP contribution in [0.15, 0.2) is 12.4 Å². The van der Waals surface area contributed by atoms with Crippen molar-refractivity contribution in [2.24, 2.45) is 0 Å². The highest BCUT2D eigenvalue weighted by Gasteiger charge is 2.27. The largest absolute Gasteiger partial charge is 0.481 e. The summed E-state index contributed by atoms with van der Waals surface area (Å²) in [5, 5.41) is 8.92. The highest BCUT2D eigenvalue weighted by atomic mass is 16.4. The average molecular weight is 249 g/mol. The van der Waals surface area contributed by atoms with Crippen molar-refractivity contribution >= 4 is 11.8 Å². The van der Waals surface area contributed by atoms with Crippen LogP contribution >= 0.6 is 0 Å². The van der Waals surface area contributed by atoms with E-state index in [-0.39, 0.29) is 12.5 Å². The third-order valence-corrected chi connectivity index (χ3v) is 3.30. The molecule has 1 N–H and O–H groups in total. The minimum Gasteiger partial charge on any atom is -0.481 e. The van der Waals surface area contributed by atoms with Crippen molar-refractivity contribution in [2.45, 2.75) is 45.1 Å². The molecule has 2 rings (SSSR count). The standard InChI is InChI=1S/C13H19N3O2/c1-2-4-10-7-12(15-9-14-10)16-6-3-5-11(16)8-13(17)18/h7,9,11H,2-6,8H2,1H3,(H,17,18). The molecule has 1 atom stereocenters. The molecule has 0 aromatic carbocycles. The summed E-state index contributed by atoms with van der Waals surface area (Å²) in [6.07, 6.45) is 5.72. The van der Waals surface area contributed by atoms with Crippen LogP contribution in [0.25, 0.3) is 0 Å². The zero-order valence-corrected chi connectivity index (χ0v) is 10.7. The van der Waals surface area contributed by atoms with Crippen molar-refractivity contribution in [2.75, 3.05) is 11.4 Å². The number of carboxylic acids is 1. The molecule has 0 saturated carbocycles. The lowest BCUT2D eigenvalue weighted by atomic mass is 10.1. The van der Waals surface area contributed by atoms with Gasteiger partial charge in [0.1, 0.15) is 12.1 Å². The number of carboxylic acid groups (broad SMARTS) is 1. The van der Waals surface area contributed by atoms with Crippen molar-refractivity contribution in [3.8, 4) is 0 Å². The fourth-order valence-electron chi connectivity index (χ4n) is 2.49. The summed E-state index contributed by atoms with van der Waals surface area (Å²) in [6, 6.07) is 2.07. The average Bonchev–Trinajstić information content (AvgIpc) is 2.77. The molecule has 1 aliphatic rings. The Kier molecular flexibility index (Phi) is 4.12. The van der Waals surface area contributed by atoms with E-state index in [1.54, 1.807) is 6.33 Å². The number of anilines is 1. The van der Waals surface area contributed by atoms with E-state index in [0.717, 1.165) is 43.7 Å². The minimum absolute atomic E-state index is 0.0758. The van der Waals surface area contributed by atoms with Crippen LogP contribution in [0.1, 0.15) is 38.3 Å². The number of aromatic nitrogens is 2. The molecular formula is C13H19N3O2. The smallest absolute Gasteiger partial charge is 0.305 e. The van der Waals surface area contributed by atoms with Gasteiger partial charge in [-0.3, -0.25) is 4.79 Å². The molecule has 1 aromatic rings. The van der Waals surface area contributed by atoms with E-state index in [0.29, 0.717) is 0 Å². The van der Waals surface area contributed by atoms with Crippen molar-refractivity contribution in [3.05, 3.63) is 18.1 Å². The van der Waals surface area contributed by atoms with Crippen molar-refractivity contribution in [3.63, 3.8) is 0 Å². The van der Waals surface area contributed by atoms with Crippen molar-refractivity contribution in [1.29, 1.82) is 0 Å². The molecule has 1 aliphatic heterocycles. The number of hydrogen-bond acceptors (Lipinski definition) is 4. The van der Waals surface area contributed by atoms with Gasteiger partial charge in [-0.15, -0.1) is 0 Å². The Bertz CT molecular complexity index is 422. The van der Waals surface area contributed by atoms with Gasteiger partial charge in [0.15, 0.2) is 0 Å². The Morgan fingerprint density at radius 2 is 2.39 bits per heavy atom. The fourth-order valence-corrected chi connectivity index (χ4v) is 2.49. The molecule has 1 unspecified atom stereocenters. The number of aliphatic carboxylic acids is 1. The molecule has 98 valence electrons. The molecule has 1 fully saturated rings. The van der Waals surface area contributed by atoms with Crippen LogP contribution in [0.4, 0.5) is 5.82 Å². The molecule has 0 radical (unpaired) electrons. The third-order valence-electron chi connectivity index (χ3n) is 3.30. The predicted octanol–water partition coefficient (Wildman–Crippen LogP) is 1.87. The van der Waals surface area contributed by atoms with Gasteiger partial charge < -0.3 is 10.0 Å². The maximum atomic E-state index is 10.8. The molecule has 5 heteroatoms. The summed E-state index contributed by atoms with van der Waals surface area (Å²) >= 11 is 0. The molecule has 0 aliphatic carbocycles. The van der Waals surface area contributed by atoms with Gasteiger partial charge in [-0.1, -0.05) is 13.3 Å². The molecule has 1 saturated heterocycles. The molecule has 0 amide bonds. The van der Waals surface area contributed by atoms with Gasteiger partial charge in [-0.2, -0.15) is 0 Å². The first-order chi connectivity index (χ1) is 8.70. The predicted molar refractivity (Wildman–Crippen MR) is 68.6 cm³/mol. The van der Waals surface area contributed by atoms with Crippen LogP contribution in [0.3, 0.4) is 0 Å². The Balaban J connectivity index is 2.13. The molecule has 2 heterocycles. The Morgan fingerprint density at radius 1 is 1.56 bits per heavy atom. The highest BCUT2D eigenvalue weighted by Crippen LogP contribution is 2.26. The number of nitrogens with zero attached hydrogens (tertiary/aromatic N) is 3. The van der Waals surface area contributed by atoms with Gasteiger partial charge in [-0.25, -0.2) is 9.97 Å². The second kappa shape index (κ2) is 5.80. The lowest BCUT2D eigenvalue weighted by molar-refractivity contribution is -0.137. The fraction of sp³-hybridized carbons (Fsp3) is 0.615. The number of carbonyl (C=O) groups is 1. The molecule has 0 spiro atoms.